The first-order valence-corrected chi connectivity index (χ1v) is 9.47. The van der Waals surface area contributed by atoms with Gasteiger partial charge in [-0.2, -0.15) is 5.10 Å². The number of hydrogen-bond donors (Lipinski definition) is 0. The van der Waals surface area contributed by atoms with Crippen LogP contribution in [0.4, 0.5) is 5.69 Å². The van der Waals surface area contributed by atoms with Crippen LogP contribution in [0.1, 0.15) is 23.6 Å². The maximum absolute atomic E-state index is 6.09. The summed E-state index contributed by atoms with van der Waals surface area (Å²) in [5.74, 6) is 1.51. The molecule has 5 heteroatoms. The Balaban J connectivity index is 1.76. The van der Waals surface area contributed by atoms with Crippen LogP contribution >= 0.6 is 11.6 Å². The molecule has 0 spiro atoms. The minimum atomic E-state index is 0.0847. The molecule has 0 amide bonds. The highest BCUT2D eigenvalue weighted by Gasteiger charge is 2.31. The van der Waals surface area contributed by atoms with Crippen LogP contribution < -0.4 is 14.5 Å². The third-order valence-corrected chi connectivity index (χ3v) is 5.16. The summed E-state index contributed by atoms with van der Waals surface area (Å²) in [6.45, 7) is 0. The molecule has 1 aliphatic rings. The van der Waals surface area contributed by atoms with Gasteiger partial charge < -0.3 is 9.47 Å². The second-order valence-corrected chi connectivity index (χ2v) is 7.00. The fourth-order valence-corrected chi connectivity index (χ4v) is 3.60. The molecule has 1 aliphatic heterocycles. The Morgan fingerprint density at radius 1 is 0.929 bits per heavy atom. The van der Waals surface area contributed by atoms with Crippen molar-refractivity contribution in [1.82, 2.24) is 0 Å². The number of rotatable bonds is 5. The normalized spacial score (nSPS) is 16.0. The van der Waals surface area contributed by atoms with Gasteiger partial charge >= 0.3 is 0 Å². The maximum atomic E-state index is 6.09. The van der Waals surface area contributed by atoms with Crippen molar-refractivity contribution < 1.29 is 9.47 Å². The third kappa shape index (κ3) is 3.56. The Bertz CT molecular complexity index is 987. The summed E-state index contributed by atoms with van der Waals surface area (Å²) in [5.41, 5.74) is 4.16. The summed E-state index contributed by atoms with van der Waals surface area (Å²) in [6.07, 6.45) is 0.763. The van der Waals surface area contributed by atoms with E-state index in [-0.39, 0.29) is 6.04 Å². The van der Waals surface area contributed by atoms with Crippen molar-refractivity contribution in [3.05, 3.63) is 88.9 Å². The van der Waals surface area contributed by atoms with E-state index in [1.165, 1.54) is 5.56 Å². The Labute approximate surface area is 170 Å². The number of hydrazone groups is 1. The predicted molar refractivity (Wildman–Crippen MR) is 114 cm³/mol. The highest BCUT2D eigenvalue weighted by atomic mass is 35.5. The lowest BCUT2D eigenvalue weighted by Crippen LogP contribution is -2.18. The molecule has 4 rings (SSSR count). The molecule has 0 aliphatic carbocycles. The number of anilines is 1. The first-order chi connectivity index (χ1) is 13.7. The van der Waals surface area contributed by atoms with E-state index < -0.39 is 0 Å². The van der Waals surface area contributed by atoms with Gasteiger partial charge in [0.05, 0.1) is 31.7 Å². The molecule has 3 aromatic rings. The maximum Gasteiger partial charge on any atom is 0.131 e. The van der Waals surface area contributed by atoms with Gasteiger partial charge in [-0.25, -0.2) is 0 Å². The molecule has 3 aromatic carbocycles. The molecule has 1 heterocycles. The van der Waals surface area contributed by atoms with Crippen LogP contribution in [-0.2, 0) is 0 Å². The van der Waals surface area contributed by atoms with Crippen molar-refractivity contribution in [2.24, 2.45) is 5.10 Å². The van der Waals surface area contributed by atoms with Gasteiger partial charge in [0.2, 0.25) is 0 Å². The van der Waals surface area contributed by atoms with Crippen molar-refractivity contribution in [3.63, 3.8) is 0 Å². The number of ether oxygens (including phenoxy) is 2. The van der Waals surface area contributed by atoms with Crippen molar-refractivity contribution in [3.8, 4) is 11.5 Å². The van der Waals surface area contributed by atoms with Crippen molar-refractivity contribution in [2.75, 3.05) is 19.2 Å². The molecule has 4 nitrogen and oxygen atoms in total. The van der Waals surface area contributed by atoms with E-state index in [2.05, 4.69) is 29.3 Å². The van der Waals surface area contributed by atoms with Gasteiger partial charge in [-0.3, -0.25) is 5.01 Å². The second-order valence-electron chi connectivity index (χ2n) is 6.56. The second kappa shape index (κ2) is 7.95. The topological polar surface area (TPSA) is 34.1 Å². The quantitative estimate of drug-likeness (QED) is 0.557. The summed E-state index contributed by atoms with van der Waals surface area (Å²) in [5, 5.41) is 7.77. The number of halogens is 1. The van der Waals surface area contributed by atoms with Crippen LogP contribution in [0.3, 0.4) is 0 Å². The molecule has 0 aromatic heterocycles. The molecular formula is C23H21ClN2O2. The van der Waals surface area contributed by atoms with E-state index >= 15 is 0 Å². The first kappa shape index (κ1) is 18.4. The average molecular weight is 393 g/mol. The molecule has 0 saturated heterocycles. The Hall–Kier alpha value is -2.98. The molecule has 28 heavy (non-hydrogen) atoms. The summed E-state index contributed by atoms with van der Waals surface area (Å²) in [4.78, 5) is 0. The number of para-hydroxylation sites is 1. The van der Waals surface area contributed by atoms with E-state index in [1.807, 2.05) is 48.5 Å². The summed E-state index contributed by atoms with van der Waals surface area (Å²) < 4.78 is 10.9. The monoisotopic (exact) mass is 392 g/mol. The van der Waals surface area contributed by atoms with Crippen LogP contribution in [0.5, 0.6) is 11.5 Å². The minimum absolute atomic E-state index is 0.0847. The fourth-order valence-electron chi connectivity index (χ4n) is 3.47. The zero-order valence-electron chi connectivity index (χ0n) is 15.8. The van der Waals surface area contributed by atoms with Crippen LogP contribution in [0.2, 0.25) is 5.02 Å². The SMILES string of the molecule is COc1ccc(C2=NN(c3ccccc3)[C@@H](c3ccc(Cl)cc3)C2)c(OC)c1. The zero-order valence-corrected chi connectivity index (χ0v) is 16.6. The van der Waals surface area contributed by atoms with E-state index in [0.29, 0.717) is 0 Å². The number of benzene rings is 3. The third-order valence-electron chi connectivity index (χ3n) is 4.91. The highest BCUT2D eigenvalue weighted by Crippen LogP contribution is 2.39. The van der Waals surface area contributed by atoms with Crippen molar-refractivity contribution >= 4 is 23.0 Å². The van der Waals surface area contributed by atoms with Gasteiger partial charge in [0.15, 0.2) is 0 Å². The van der Waals surface area contributed by atoms with E-state index in [1.54, 1.807) is 14.2 Å². The fraction of sp³-hybridized carbons (Fsp3) is 0.174. The predicted octanol–water partition coefficient (Wildman–Crippen LogP) is 5.71. The molecule has 1 atom stereocenters. The van der Waals surface area contributed by atoms with Gasteiger partial charge in [0.25, 0.3) is 0 Å². The van der Waals surface area contributed by atoms with Crippen LogP contribution in [0, 0.1) is 0 Å². The van der Waals surface area contributed by atoms with E-state index in [0.717, 1.165) is 39.9 Å². The molecule has 0 bridgehead atoms. The number of nitrogens with zero attached hydrogens (tertiary/aromatic N) is 2. The number of hydrogen-bond acceptors (Lipinski definition) is 4. The Kier molecular flexibility index (Phi) is 5.22. The summed E-state index contributed by atoms with van der Waals surface area (Å²) in [7, 11) is 3.31. The lowest BCUT2D eigenvalue weighted by atomic mass is 9.97. The van der Waals surface area contributed by atoms with Gasteiger partial charge in [0.1, 0.15) is 11.5 Å². The smallest absolute Gasteiger partial charge is 0.131 e. The summed E-state index contributed by atoms with van der Waals surface area (Å²) >= 11 is 6.09. The van der Waals surface area contributed by atoms with Crippen LogP contribution in [0.25, 0.3) is 0 Å². The molecule has 0 fully saturated rings. The molecule has 0 unspecified atom stereocenters. The standard InChI is InChI=1S/C23H21ClN2O2/c1-27-19-12-13-20(23(14-19)28-2)21-15-22(16-8-10-17(24)11-9-16)26(25-21)18-6-4-3-5-7-18/h3-14,22H,15H2,1-2H3/t22-/m1/s1. The van der Waals surface area contributed by atoms with Gasteiger partial charge in [0, 0.05) is 23.1 Å². The lowest BCUT2D eigenvalue weighted by molar-refractivity contribution is 0.394. The summed E-state index contributed by atoms with van der Waals surface area (Å²) in [6, 6.07) is 24.1. The van der Waals surface area contributed by atoms with Crippen molar-refractivity contribution in [2.45, 2.75) is 12.5 Å². The average Bonchev–Trinajstić information content (AvgIpc) is 3.19. The van der Waals surface area contributed by atoms with Gasteiger partial charge in [-0.15, -0.1) is 0 Å². The van der Waals surface area contributed by atoms with Crippen LogP contribution in [-0.4, -0.2) is 19.9 Å². The molecule has 0 saturated carbocycles. The lowest BCUT2D eigenvalue weighted by Gasteiger charge is -2.24. The highest BCUT2D eigenvalue weighted by molar-refractivity contribution is 6.30. The molecular weight excluding hydrogens is 372 g/mol. The number of methoxy groups -OCH3 is 2. The molecule has 0 radical (unpaired) electrons. The van der Waals surface area contributed by atoms with Crippen molar-refractivity contribution in [1.29, 1.82) is 0 Å². The molecule has 142 valence electrons. The Morgan fingerprint density at radius 3 is 2.36 bits per heavy atom. The van der Waals surface area contributed by atoms with E-state index in [4.69, 9.17) is 26.2 Å². The zero-order chi connectivity index (χ0) is 19.5. The minimum Gasteiger partial charge on any atom is -0.497 e. The largest absolute Gasteiger partial charge is 0.497 e. The van der Waals surface area contributed by atoms with Gasteiger partial charge in [-0.05, 0) is 42.0 Å². The van der Waals surface area contributed by atoms with E-state index in [9.17, 15) is 0 Å². The first-order valence-electron chi connectivity index (χ1n) is 9.09. The van der Waals surface area contributed by atoms with Gasteiger partial charge in [-0.1, -0.05) is 41.9 Å². The van der Waals surface area contributed by atoms with Crippen LogP contribution in [0.15, 0.2) is 77.9 Å². The molecule has 0 N–H and O–H groups in total. The Morgan fingerprint density at radius 2 is 1.68 bits per heavy atom.